The van der Waals surface area contributed by atoms with E-state index in [1.807, 2.05) is 11.8 Å². The van der Waals surface area contributed by atoms with Crippen LogP contribution < -0.4 is 5.32 Å². The zero-order valence-electron chi connectivity index (χ0n) is 13.4. The van der Waals surface area contributed by atoms with E-state index in [1.165, 1.54) is 18.4 Å². The maximum atomic E-state index is 4.71. The molecule has 1 aromatic rings. The average molecular weight is 293 g/mol. The van der Waals surface area contributed by atoms with Crippen LogP contribution >= 0.6 is 11.8 Å². The van der Waals surface area contributed by atoms with Gasteiger partial charge in [-0.3, -0.25) is 0 Å². The molecule has 1 N–H and O–H groups in total. The predicted molar refractivity (Wildman–Crippen MR) is 87.4 cm³/mol. The molecule has 1 heterocycles. The molecule has 0 radical (unpaired) electrons. The smallest absolute Gasteiger partial charge is 0.138 e. The monoisotopic (exact) mass is 293 g/mol. The Balaban J connectivity index is 2.04. The third-order valence-corrected chi connectivity index (χ3v) is 4.79. The lowest BCUT2D eigenvalue weighted by molar-refractivity contribution is 0.602. The summed E-state index contributed by atoms with van der Waals surface area (Å²) in [4.78, 5) is 9.42. The topological polar surface area (TPSA) is 37.8 Å². The summed E-state index contributed by atoms with van der Waals surface area (Å²) in [5, 5.41) is 4.23. The van der Waals surface area contributed by atoms with Gasteiger partial charge in [-0.15, -0.1) is 0 Å². The second-order valence-corrected chi connectivity index (χ2v) is 7.73. The molecule has 1 aliphatic rings. The molecule has 4 heteroatoms. The molecule has 0 aromatic carbocycles. The Morgan fingerprint density at radius 2 is 1.75 bits per heavy atom. The summed E-state index contributed by atoms with van der Waals surface area (Å²) in [7, 11) is 0. The molecule has 1 aliphatic carbocycles. The lowest BCUT2D eigenvalue weighted by atomic mass is 9.98. The molecule has 0 spiro atoms. The minimum atomic E-state index is 0.488. The molecule has 1 unspecified atom stereocenters. The van der Waals surface area contributed by atoms with Gasteiger partial charge in [-0.05, 0) is 43.4 Å². The fourth-order valence-electron chi connectivity index (χ4n) is 2.55. The third-order valence-electron chi connectivity index (χ3n) is 3.70. The van der Waals surface area contributed by atoms with Crippen LogP contribution in [0.5, 0.6) is 0 Å². The van der Waals surface area contributed by atoms with E-state index in [0.29, 0.717) is 11.2 Å². The normalized spacial score (nSPS) is 16.7. The molecular weight excluding hydrogens is 266 g/mol. The van der Waals surface area contributed by atoms with Gasteiger partial charge in [-0.2, -0.15) is 11.8 Å². The van der Waals surface area contributed by atoms with Crippen LogP contribution in [0.4, 0.5) is 0 Å². The molecule has 1 fully saturated rings. The minimum absolute atomic E-state index is 0.488. The number of nitrogens with zero attached hydrogens (tertiary/aromatic N) is 2. The molecule has 2 rings (SSSR count). The lowest BCUT2D eigenvalue weighted by Gasteiger charge is -2.18. The second kappa shape index (κ2) is 6.90. The van der Waals surface area contributed by atoms with E-state index < -0.39 is 0 Å². The molecular formula is C16H27N3S. The Bertz CT molecular complexity index is 432. The van der Waals surface area contributed by atoms with Crippen molar-refractivity contribution in [3.05, 3.63) is 22.8 Å². The number of aryl methyl sites for hydroxylation is 2. The predicted octanol–water partition coefficient (Wildman–Crippen LogP) is 3.59. The first-order valence-corrected chi connectivity index (χ1v) is 8.71. The van der Waals surface area contributed by atoms with Crippen molar-refractivity contribution < 1.29 is 0 Å². The van der Waals surface area contributed by atoms with Crippen molar-refractivity contribution in [3.63, 3.8) is 0 Å². The number of nitrogens with one attached hydrogen (secondary N) is 1. The number of aromatic nitrogens is 2. The van der Waals surface area contributed by atoms with Crippen molar-refractivity contribution in [2.45, 2.75) is 70.4 Å². The maximum Gasteiger partial charge on any atom is 0.138 e. The van der Waals surface area contributed by atoms with Crippen LogP contribution in [-0.2, 0) is 5.75 Å². The zero-order valence-corrected chi connectivity index (χ0v) is 14.2. The van der Waals surface area contributed by atoms with Crippen molar-refractivity contribution in [1.29, 1.82) is 0 Å². The van der Waals surface area contributed by atoms with Crippen LogP contribution in [0.25, 0.3) is 0 Å². The van der Waals surface area contributed by atoms with Crippen LogP contribution in [0, 0.1) is 13.8 Å². The van der Waals surface area contributed by atoms with E-state index >= 15 is 0 Å². The molecule has 112 valence electrons. The molecule has 0 saturated heterocycles. The highest BCUT2D eigenvalue weighted by Gasteiger charge is 2.22. The van der Waals surface area contributed by atoms with Crippen LogP contribution in [0.1, 0.15) is 62.3 Å². The third kappa shape index (κ3) is 4.45. The average Bonchev–Trinajstić information content (AvgIpc) is 3.17. The van der Waals surface area contributed by atoms with Crippen molar-refractivity contribution in [3.8, 4) is 0 Å². The van der Waals surface area contributed by atoms with Crippen LogP contribution in [0.3, 0.4) is 0 Å². The van der Waals surface area contributed by atoms with E-state index in [-0.39, 0.29) is 0 Å². The molecule has 0 bridgehead atoms. The first-order valence-electron chi connectivity index (χ1n) is 7.66. The second-order valence-electron chi connectivity index (χ2n) is 6.17. The Morgan fingerprint density at radius 3 is 2.25 bits per heavy atom. The van der Waals surface area contributed by atoms with Gasteiger partial charge in [0.15, 0.2) is 0 Å². The summed E-state index contributed by atoms with van der Waals surface area (Å²) in [6.07, 6.45) is 2.68. The zero-order chi connectivity index (χ0) is 14.7. The Kier molecular flexibility index (Phi) is 5.44. The van der Waals surface area contributed by atoms with E-state index in [4.69, 9.17) is 9.97 Å². The molecule has 1 aromatic heterocycles. The van der Waals surface area contributed by atoms with E-state index in [2.05, 4.69) is 39.9 Å². The maximum absolute atomic E-state index is 4.71. The van der Waals surface area contributed by atoms with Gasteiger partial charge in [0.25, 0.3) is 0 Å². The van der Waals surface area contributed by atoms with Crippen molar-refractivity contribution in [2.24, 2.45) is 0 Å². The Morgan fingerprint density at radius 1 is 1.15 bits per heavy atom. The van der Waals surface area contributed by atoms with Gasteiger partial charge in [-0.25, -0.2) is 9.97 Å². The highest BCUT2D eigenvalue weighted by Crippen LogP contribution is 2.25. The van der Waals surface area contributed by atoms with Crippen LogP contribution in [-0.4, -0.2) is 27.8 Å². The summed E-state index contributed by atoms with van der Waals surface area (Å²) in [5.74, 6) is 2.38. The summed E-state index contributed by atoms with van der Waals surface area (Å²) in [6, 6.07) is 0.765. The van der Waals surface area contributed by atoms with Gasteiger partial charge < -0.3 is 5.32 Å². The summed E-state index contributed by atoms with van der Waals surface area (Å²) < 4.78 is 0. The fourth-order valence-corrected chi connectivity index (χ4v) is 3.16. The van der Waals surface area contributed by atoms with E-state index in [1.54, 1.807) is 0 Å². The van der Waals surface area contributed by atoms with Crippen LogP contribution in [0.2, 0.25) is 0 Å². The highest BCUT2D eigenvalue weighted by molar-refractivity contribution is 7.99. The number of rotatable bonds is 7. The first kappa shape index (κ1) is 15.8. The SMILES string of the molecule is Cc1nc(CSC(C)C)nc(C)c1C(C)CNC1CC1. The summed E-state index contributed by atoms with van der Waals surface area (Å²) >= 11 is 1.90. The van der Waals surface area contributed by atoms with Gasteiger partial charge in [0.05, 0.1) is 5.75 Å². The van der Waals surface area contributed by atoms with Crippen molar-refractivity contribution in [1.82, 2.24) is 15.3 Å². The van der Waals surface area contributed by atoms with Gasteiger partial charge in [0.1, 0.15) is 5.82 Å². The molecule has 1 atom stereocenters. The highest BCUT2D eigenvalue weighted by atomic mass is 32.2. The number of hydrogen-bond acceptors (Lipinski definition) is 4. The van der Waals surface area contributed by atoms with Crippen molar-refractivity contribution >= 4 is 11.8 Å². The molecule has 1 saturated carbocycles. The first-order chi connectivity index (χ1) is 9.47. The van der Waals surface area contributed by atoms with E-state index in [0.717, 1.165) is 35.6 Å². The summed E-state index contributed by atoms with van der Waals surface area (Å²) in [5.41, 5.74) is 3.64. The van der Waals surface area contributed by atoms with Crippen molar-refractivity contribution in [2.75, 3.05) is 6.54 Å². The summed E-state index contributed by atoms with van der Waals surface area (Å²) in [6.45, 7) is 12.0. The van der Waals surface area contributed by atoms with Gasteiger partial charge >= 0.3 is 0 Å². The van der Waals surface area contributed by atoms with Gasteiger partial charge in [0, 0.05) is 24.0 Å². The lowest BCUT2D eigenvalue weighted by Crippen LogP contribution is -2.23. The van der Waals surface area contributed by atoms with E-state index in [9.17, 15) is 0 Å². The Labute approximate surface area is 127 Å². The van der Waals surface area contributed by atoms with Crippen LogP contribution in [0.15, 0.2) is 0 Å². The minimum Gasteiger partial charge on any atom is -0.313 e. The largest absolute Gasteiger partial charge is 0.313 e. The number of hydrogen-bond donors (Lipinski definition) is 1. The molecule has 20 heavy (non-hydrogen) atoms. The standard InChI is InChI=1S/C16H27N3S/c1-10(2)20-9-15-18-12(4)16(13(5)19-15)11(3)8-17-14-6-7-14/h10-11,14,17H,6-9H2,1-5H3. The van der Waals surface area contributed by atoms with Gasteiger partial charge in [0.2, 0.25) is 0 Å². The Hall–Kier alpha value is -0.610. The number of thioether (sulfide) groups is 1. The molecule has 0 aliphatic heterocycles. The van der Waals surface area contributed by atoms with Gasteiger partial charge in [-0.1, -0.05) is 20.8 Å². The molecule has 0 amide bonds. The fraction of sp³-hybridized carbons (Fsp3) is 0.750. The molecule has 3 nitrogen and oxygen atoms in total. The quantitative estimate of drug-likeness (QED) is 0.833.